The van der Waals surface area contributed by atoms with E-state index in [9.17, 15) is 4.79 Å². The Kier molecular flexibility index (Phi) is 3.72. The van der Waals surface area contributed by atoms with Gasteiger partial charge in [-0.05, 0) is 24.8 Å². The largest absolute Gasteiger partial charge is 0.334 e. The summed E-state index contributed by atoms with van der Waals surface area (Å²) in [5.41, 5.74) is 1.71. The van der Waals surface area contributed by atoms with Crippen LogP contribution in [0.3, 0.4) is 0 Å². The number of nitrogens with zero attached hydrogens (tertiary/aromatic N) is 3. The maximum Gasteiger partial charge on any atom is 0.274 e. The molecule has 102 valence electrons. The maximum atomic E-state index is 12.5. The van der Waals surface area contributed by atoms with Crippen LogP contribution in [0, 0.1) is 0 Å². The third-order valence-corrected chi connectivity index (χ3v) is 3.73. The molecule has 0 saturated carbocycles. The van der Waals surface area contributed by atoms with E-state index in [-0.39, 0.29) is 11.9 Å². The summed E-state index contributed by atoms with van der Waals surface area (Å²) in [6.45, 7) is 0.812. The highest BCUT2D eigenvalue weighted by Gasteiger charge is 2.30. The van der Waals surface area contributed by atoms with Gasteiger partial charge in [0.2, 0.25) is 0 Å². The third kappa shape index (κ3) is 2.69. The molecule has 0 bridgehead atoms. The normalized spacial score (nSPS) is 18.2. The van der Waals surface area contributed by atoms with Crippen LogP contribution in [0.15, 0.2) is 48.9 Å². The number of rotatable bonds is 3. The van der Waals surface area contributed by atoms with Crippen molar-refractivity contribution in [3.63, 3.8) is 0 Å². The van der Waals surface area contributed by atoms with Gasteiger partial charge < -0.3 is 4.90 Å². The van der Waals surface area contributed by atoms with Gasteiger partial charge in [0.05, 0.1) is 6.20 Å². The zero-order chi connectivity index (χ0) is 13.8. The minimum absolute atomic E-state index is 0.00321. The number of hydrogen-bond acceptors (Lipinski definition) is 3. The molecule has 4 heteroatoms. The van der Waals surface area contributed by atoms with Crippen molar-refractivity contribution < 1.29 is 4.79 Å². The topological polar surface area (TPSA) is 46.1 Å². The molecule has 1 aromatic carbocycles. The van der Waals surface area contributed by atoms with E-state index in [2.05, 4.69) is 22.1 Å². The van der Waals surface area contributed by atoms with E-state index in [1.54, 1.807) is 18.6 Å². The van der Waals surface area contributed by atoms with Gasteiger partial charge in [-0.3, -0.25) is 9.78 Å². The van der Waals surface area contributed by atoms with Crippen molar-refractivity contribution in [2.75, 3.05) is 6.54 Å². The summed E-state index contributed by atoms with van der Waals surface area (Å²) in [7, 11) is 0. The van der Waals surface area contributed by atoms with Crippen LogP contribution in [-0.4, -0.2) is 33.4 Å². The number of amides is 1. The molecule has 1 amide bonds. The fraction of sp³-hybridized carbons (Fsp3) is 0.312. The van der Waals surface area contributed by atoms with Crippen molar-refractivity contribution >= 4 is 5.91 Å². The number of hydrogen-bond donors (Lipinski definition) is 0. The van der Waals surface area contributed by atoms with Crippen molar-refractivity contribution in [1.82, 2.24) is 14.9 Å². The SMILES string of the molecule is O=C(c1cnccn1)N1CCCC1Cc1ccccc1. The Hall–Kier alpha value is -2.23. The van der Waals surface area contributed by atoms with Gasteiger partial charge in [-0.15, -0.1) is 0 Å². The molecule has 1 aromatic heterocycles. The second-order valence-electron chi connectivity index (χ2n) is 5.07. The van der Waals surface area contributed by atoms with Crippen molar-refractivity contribution in [2.45, 2.75) is 25.3 Å². The minimum atomic E-state index is -0.00321. The molecule has 20 heavy (non-hydrogen) atoms. The number of carbonyl (C=O) groups is 1. The maximum absolute atomic E-state index is 12.5. The van der Waals surface area contributed by atoms with Gasteiger partial charge in [0.25, 0.3) is 5.91 Å². The average Bonchev–Trinajstić information content (AvgIpc) is 2.96. The Morgan fingerprint density at radius 3 is 2.85 bits per heavy atom. The molecular weight excluding hydrogens is 250 g/mol. The molecule has 1 aliphatic heterocycles. The monoisotopic (exact) mass is 267 g/mol. The van der Waals surface area contributed by atoms with Gasteiger partial charge in [-0.1, -0.05) is 30.3 Å². The van der Waals surface area contributed by atoms with E-state index in [1.807, 2.05) is 23.1 Å². The summed E-state index contributed by atoms with van der Waals surface area (Å²) in [4.78, 5) is 22.5. The second kappa shape index (κ2) is 5.82. The summed E-state index contributed by atoms with van der Waals surface area (Å²) in [6.07, 6.45) is 7.72. The minimum Gasteiger partial charge on any atom is -0.334 e. The van der Waals surface area contributed by atoms with Crippen LogP contribution in [0.5, 0.6) is 0 Å². The number of carbonyl (C=O) groups excluding carboxylic acids is 1. The quantitative estimate of drug-likeness (QED) is 0.857. The molecule has 1 saturated heterocycles. The highest BCUT2D eigenvalue weighted by molar-refractivity contribution is 5.92. The fourth-order valence-corrected chi connectivity index (χ4v) is 2.76. The van der Waals surface area contributed by atoms with Gasteiger partial charge in [-0.2, -0.15) is 0 Å². The van der Waals surface area contributed by atoms with E-state index >= 15 is 0 Å². The van der Waals surface area contributed by atoms with Crippen LogP contribution >= 0.6 is 0 Å². The third-order valence-electron chi connectivity index (χ3n) is 3.73. The zero-order valence-corrected chi connectivity index (χ0v) is 11.3. The van der Waals surface area contributed by atoms with E-state index in [0.717, 1.165) is 25.8 Å². The zero-order valence-electron chi connectivity index (χ0n) is 11.3. The van der Waals surface area contributed by atoms with Crippen LogP contribution in [0.2, 0.25) is 0 Å². The van der Waals surface area contributed by atoms with Gasteiger partial charge in [0.1, 0.15) is 5.69 Å². The summed E-state index contributed by atoms with van der Waals surface area (Å²) < 4.78 is 0. The molecule has 1 unspecified atom stereocenters. The van der Waals surface area contributed by atoms with Crippen LogP contribution in [0.25, 0.3) is 0 Å². The predicted molar refractivity (Wildman–Crippen MR) is 76.2 cm³/mol. The molecule has 0 aliphatic carbocycles. The predicted octanol–water partition coefficient (Wildman–Crippen LogP) is 2.32. The second-order valence-corrected chi connectivity index (χ2v) is 5.07. The lowest BCUT2D eigenvalue weighted by Gasteiger charge is -2.24. The van der Waals surface area contributed by atoms with Gasteiger partial charge in [0, 0.05) is 25.0 Å². The van der Waals surface area contributed by atoms with Crippen LogP contribution in [0.1, 0.15) is 28.9 Å². The molecule has 2 heterocycles. The Bertz CT molecular complexity index is 571. The van der Waals surface area contributed by atoms with Gasteiger partial charge in [-0.25, -0.2) is 4.98 Å². The first-order valence-electron chi connectivity index (χ1n) is 6.95. The Morgan fingerprint density at radius 1 is 1.25 bits per heavy atom. The van der Waals surface area contributed by atoms with Crippen molar-refractivity contribution in [3.8, 4) is 0 Å². The number of aromatic nitrogens is 2. The highest BCUT2D eigenvalue weighted by Crippen LogP contribution is 2.22. The first kappa shape index (κ1) is 12.8. The molecular formula is C16H17N3O. The molecule has 2 aromatic rings. The van der Waals surface area contributed by atoms with Crippen LogP contribution < -0.4 is 0 Å². The van der Waals surface area contributed by atoms with Crippen molar-refractivity contribution in [2.24, 2.45) is 0 Å². The first-order valence-corrected chi connectivity index (χ1v) is 6.95. The van der Waals surface area contributed by atoms with Gasteiger partial charge in [0.15, 0.2) is 0 Å². The summed E-state index contributed by atoms with van der Waals surface area (Å²) in [5, 5.41) is 0. The Balaban J connectivity index is 1.74. The smallest absolute Gasteiger partial charge is 0.274 e. The molecule has 4 nitrogen and oxygen atoms in total. The lowest BCUT2D eigenvalue weighted by Crippen LogP contribution is -2.37. The molecule has 1 aliphatic rings. The fourth-order valence-electron chi connectivity index (χ4n) is 2.76. The van der Waals surface area contributed by atoms with Crippen LogP contribution in [0.4, 0.5) is 0 Å². The highest BCUT2D eigenvalue weighted by atomic mass is 16.2. The number of likely N-dealkylation sites (tertiary alicyclic amines) is 1. The molecule has 1 fully saturated rings. The van der Waals surface area contributed by atoms with Crippen molar-refractivity contribution in [3.05, 3.63) is 60.2 Å². The standard InChI is InChI=1S/C16H17N3O/c20-16(15-12-17-8-9-18-15)19-10-4-7-14(19)11-13-5-2-1-3-6-13/h1-3,5-6,8-9,12,14H,4,7,10-11H2. The molecule has 0 radical (unpaired) electrons. The molecule has 3 rings (SSSR count). The number of benzene rings is 1. The van der Waals surface area contributed by atoms with E-state index in [0.29, 0.717) is 5.69 Å². The molecule has 0 N–H and O–H groups in total. The van der Waals surface area contributed by atoms with Crippen molar-refractivity contribution in [1.29, 1.82) is 0 Å². The van der Waals surface area contributed by atoms with Gasteiger partial charge >= 0.3 is 0 Å². The average molecular weight is 267 g/mol. The lowest BCUT2D eigenvalue weighted by molar-refractivity contribution is 0.0730. The lowest BCUT2D eigenvalue weighted by atomic mass is 10.0. The first-order chi connectivity index (χ1) is 9.84. The van der Waals surface area contributed by atoms with E-state index in [1.165, 1.54) is 5.56 Å². The Labute approximate surface area is 118 Å². The Morgan fingerprint density at radius 2 is 2.10 bits per heavy atom. The van der Waals surface area contributed by atoms with Crippen LogP contribution in [-0.2, 0) is 6.42 Å². The van der Waals surface area contributed by atoms with E-state index in [4.69, 9.17) is 0 Å². The molecule has 0 spiro atoms. The molecule has 1 atom stereocenters. The summed E-state index contributed by atoms with van der Waals surface area (Å²) >= 11 is 0. The van der Waals surface area contributed by atoms with E-state index < -0.39 is 0 Å². The summed E-state index contributed by atoms with van der Waals surface area (Å²) in [6, 6.07) is 10.6. The summed E-state index contributed by atoms with van der Waals surface area (Å²) in [5.74, 6) is -0.00321.